The molecule has 25 heavy (non-hydrogen) atoms. The summed E-state index contributed by atoms with van der Waals surface area (Å²) in [6.45, 7) is 4.56. The molecule has 0 saturated heterocycles. The lowest BCUT2D eigenvalue weighted by molar-refractivity contribution is 0.0867. The van der Waals surface area contributed by atoms with Crippen LogP contribution in [0.15, 0.2) is 30.6 Å². The molecule has 5 heteroatoms. The highest BCUT2D eigenvalue weighted by Gasteiger charge is 2.30. The third-order valence-corrected chi connectivity index (χ3v) is 5.24. The van der Waals surface area contributed by atoms with Crippen LogP contribution in [0.4, 0.5) is 0 Å². The van der Waals surface area contributed by atoms with Crippen LogP contribution >= 0.6 is 0 Å². The fraction of sp³-hybridized carbons (Fsp3) is 0.550. The molecule has 134 valence electrons. The SMILES string of the molecule is COc1ccc(CN2Cc3ncn(C)c3C(COCC3CC3)C2)cc1. The van der Waals surface area contributed by atoms with Gasteiger partial charge in [-0.15, -0.1) is 0 Å². The van der Waals surface area contributed by atoms with Gasteiger partial charge in [-0.25, -0.2) is 4.98 Å². The van der Waals surface area contributed by atoms with Gasteiger partial charge in [0.25, 0.3) is 0 Å². The first-order chi connectivity index (χ1) is 12.2. The lowest BCUT2D eigenvalue weighted by Crippen LogP contribution is -2.36. The number of aromatic nitrogens is 2. The summed E-state index contributed by atoms with van der Waals surface area (Å²) in [6.07, 6.45) is 4.62. The van der Waals surface area contributed by atoms with E-state index in [9.17, 15) is 0 Å². The number of hydrogen-bond acceptors (Lipinski definition) is 4. The maximum absolute atomic E-state index is 6.02. The number of rotatable bonds is 7. The second-order valence-corrected chi connectivity index (χ2v) is 7.38. The van der Waals surface area contributed by atoms with E-state index in [1.54, 1.807) is 7.11 Å². The molecule has 2 aromatic rings. The Morgan fingerprint density at radius 1 is 1.16 bits per heavy atom. The van der Waals surface area contributed by atoms with Crippen LogP contribution in [0.5, 0.6) is 5.75 Å². The molecule has 1 aromatic heterocycles. The van der Waals surface area contributed by atoms with Crippen molar-refractivity contribution in [1.29, 1.82) is 0 Å². The molecule has 0 spiro atoms. The average Bonchev–Trinajstić information content (AvgIpc) is 3.37. The lowest BCUT2D eigenvalue weighted by Gasteiger charge is -2.33. The van der Waals surface area contributed by atoms with Gasteiger partial charge in [0.05, 0.1) is 25.7 Å². The number of benzene rings is 1. The first-order valence-electron chi connectivity index (χ1n) is 9.16. The van der Waals surface area contributed by atoms with Crippen molar-refractivity contribution >= 4 is 0 Å². The molecule has 2 aliphatic rings. The fourth-order valence-corrected chi connectivity index (χ4v) is 3.71. The van der Waals surface area contributed by atoms with Crippen LogP contribution in [0.2, 0.25) is 0 Å². The highest BCUT2D eigenvalue weighted by molar-refractivity contribution is 5.28. The van der Waals surface area contributed by atoms with Crippen molar-refractivity contribution in [2.24, 2.45) is 13.0 Å². The number of hydrogen-bond donors (Lipinski definition) is 0. The summed E-state index contributed by atoms with van der Waals surface area (Å²) < 4.78 is 13.4. The standard InChI is InChI=1S/C20H27N3O2/c1-22-14-21-19-11-23(9-15-5-7-18(24-2)8-6-15)10-17(20(19)22)13-25-12-16-3-4-16/h5-8,14,16-17H,3-4,9-13H2,1-2H3. The molecule has 1 aliphatic carbocycles. The van der Waals surface area contributed by atoms with Crippen molar-refractivity contribution in [3.63, 3.8) is 0 Å². The quantitative estimate of drug-likeness (QED) is 0.776. The van der Waals surface area contributed by atoms with E-state index in [1.807, 2.05) is 18.5 Å². The van der Waals surface area contributed by atoms with Crippen LogP contribution in [0, 0.1) is 5.92 Å². The second kappa shape index (κ2) is 7.18. The van der Waals surface area contributed by atoms with E-state index in [4.69, 9.17) is 9.47 Å². The van der Waals surface area contributed by atoms with Gasteiger partial charge in [-0.1, -0.05) is 12.1 Å². The van der Waals surface area contributed by atoms with Crippen molar-refractivity contribution in [3.05, 3.63) is 47.5 Å². The molecule has 1 unspecified atom stereocenters. The summed E-state index contributed by atoms with van der Waals surface area (Å²) in [4.78, 5) is 7.10. The molecule has 4 rings (SSSR count). The van der Waals surface area contributed by atoms with Crippen molar-refractivity contribution in [2.45, 2.75) is 31.8 Å². The first-order valence-corrected chi connectivity index (χ1v) is 9.16. The number of ether oxygens (including phenoxy) is 2. The Balaban J connectivity index is 1.44. The topological polar surface area (TPSA) is 39.5 Å². The Hall–Kier alpha value is -1.85. The summed E-state index contributed by atoms with van der Waals surface area (Å²) in [5.41, 5.74) is 3.85. The normalized spacial score (nSPS) is 20.5. The van der Waals surface area contributed by atoms with Gasteiger partial charge in [0.1, 0.15) is 5.75 Å². The summed E-state index contributed by atoms with van der Waals surface area (Å²) in [6, 6.07) is 8.35. The zero-order chi connectivity index (χ0) is 17.2. The summed E-state index contributed by atoms with van der Waals surface area (Å²) >= 11 is 0. The zero-order valence-corrected chi connectivity index (χ0v) is 15.1. The number of imidazole rings is 1. The van der Waals surface area contributed by atoms with Gasteiger partial charge in [-0.2, -0.15) is 0 Å². The molecule has 1 aliphatic heterocycles. The van der Waals surface area contributed by atoms with Gasteiger partial charge in [-0.05, 0) is 36.5 Å². The molecule has 5 nitrogen and oxygen atoms in total. The molecule has 1 fully saturated rings. The maximum Gasteiger partial charge on any atom is 0.118 e. The van der Waals surface area contributed by atoms with E-state index in [2.05, 4.69) is 33.6 Å². The smallest absolute Gasteiger partial charge is 0.118 e. The molecule has 2 heterocycles. The van der Waals surface area contributed by atoms with Crippen LogP contribution < -0.4 is 4.74 Å². The Kier molecular flexibility index (Phi) is 4.77. The minimum Gasteiger partial charge on any atom is -0.497 e. The summed E-state index contributed by atoms with van der Waals surface area (Å²) in [5.74, 6) is 2.11. The minimum absolute atomic E-state index is 0.397. The van der Waals surface area contributed by atoms with E-state index in [-0.39, 0.29) is 0 Å². The predicted octanol–water partition coefficient (Wildman–Crippen LogP) is 2.95. The van der Waals surface area contributed by atoms with E-state index in [0.717, 1.165) is 44.5 Å². The van der Waals surface area contributed by atoms with Crippen molar-refractivity contribution in [1.82, 2.24) is 14.5 Å². The fourth-order valence-electron chi connectivity index (χ4n) is 3.71. The Morgan fingerprint density at radius 2 is 1.96 bits per heavy atom. The lowest BCUT2D eigenvalue weighted by atomic mass is 9.98. The van der Waals surface area contributed by atoms with E-state index >= 15 is 0 Å². The van der Waals surface area contributed by atoms with Crippen LogP contribution in [-0.2, 0) is 24.9 Å². The third-order valence-electron chi connectivity index (χ3n) is 5.24. The minimum atomic E-state index is 0.397. The molecule has 0 bridgehead atoms. The van der Waals surface area contributed by atoms with E-state index < -0.39 is 0 Å². The molecule has 1 atom stereocenters. The summed E-state index contributed by atoms with van der Waals surface area (Å²) in [5, 5.41) is 0. The van der Waals surface area contributed by atoms with Crippen LogP contribution in [-0.4, -0.2) is 41.3 Å². The van der Waals surface area contributed by atoms with E-state index in [0.29, 0.717) is 5.92 Å². The number of nitrogens with zero attached hydrogens (tertiary/aromatic N) is 3. The van der Waals surface area contributed by atoms with Gasteiger partial charge in [0.15, 0.2) is 0 Å². The largest absolute Gasteiger partial charge is 0.497 e. The van der Waals surface area contributed by atoms with Gasteiger partial charge in [-0.3, -0.25) is 4.90 Å². The Labute approximate surface area is 149 Å². The monoisotopic (exact) mass is 341 g/mol. The first kappa shape index (κ1) is 16.6. The highest BCUT2D eigenvalue weighted by atomic mass is 16.5. The van der Waals surface area contributed by atoms with E-state index in [1.165, 1.54) is 29.8 Å². The van der Waals surface area contributed by atoms with Crippen molar-refractivity contribution in [2.75, 3.05) is 26.9 Å². The van der Waals surface area contributed by atoms with Gasteiger partial charge in [0, 0.05) is 44.9 Å². The van der Waals surface area contributed by atoms with Gasteiger partial charge < -0.3 is 14.0 Å². The maximum atomic E-state index is 6.02. The van der Waals surface area contributed by atoms with Crippen LogP contribution in [0.25, 0.3) is 0 Å². The second-order valence-electron chi connectivity index (χ2n) is 7.38. The molecular weight excluding hydrogens is 314 g/mol. The summed E-state index contributed by atoms with van der Waals surface area (Å²) in [7, 11) is 3.80. The molecule has 0 amide bonds. The number of aryl methyl sites for hydroxylation is 1. The Bertz CT molecular complexity index is 706. The molecule has 0 radical (unpaired) electrons. The third kappa shape index (κ3) is 3.88. The predicted molar refractivity (Wildman–Crippen MR) is 96.6 cm³/mol. The highest BCUT2D eigenvalue weighted by Crippen LogP contribution is 2.31. The number of fused-ring (bicyclic) bond motifs is 1. The van der Waals surface area contributed by atoms with Crippen molar-refractivity contribution in [3.8, 4) is 5.75 Å². The molecule has 1 saturated carbocycles. The van der Waals surface area contributed by atoms with Gasteiger partial charge >= 0.3 is 0 Å². The van der Waals surface area contributed by atoms with Crippen LogP contribution in [0.1, 0.15) is 35.7 Å². The molecule has 1 aromatic carbocycles. The van der Waals surface area contributed by atoms with Crippen LogP contribution in [0.3, 0.4) is 0 Å². The molecular formula is C20H27N3O2. The Morgan fingerprint density at radius 3 is 2.68 bits per heavy atom. The van der Waals surface area contributed by atoms with Gasteiger partial charge in [0.2, 0.25) is 0 Å². The zero-order valence-electron chi connectivity index (χ0n) is 15.1. The average molecular weight is 341 g/mol. The molecule has 0 N–H and O–H groups in total. The number of methoxy groups -OCH3 is 1. The van der Waals surface area contributed by atoms with Crippen molar-refractivity contribution < 1.29 is 9.47 Å².